The number of nitrogens with one attached hydrogen (secondary N) is 3. The van der Waals surface area contributed by atoms with Gasteiger partial charge in [0.2, 0.25) is 11.9 Å². The van der Waals surface area contributed by atoms with Gasteiger partial charge in [-0.15, -0.1) is 0 Å². The van der Waals surface area contributed by atoms with Crippen LogP contribution in [0.25, 0.3) is 0 Å². The Labute approximate surface area is 89.7 Å². The molecule has 0 spiro atoms. The summed E-state index contributed by atoms with van der Waals surface area (Å²) in [7, 11) is 0. The van der Waals surface area contributed by atoms with Crippen molar-refractivity contribution in [3.05, 3.63) is 0 Å². The van der Waals surface area contributed by atoms with Crippen molar-refractivity contribution in [2.45, 2.75) is 19.8 Å². The fourth-order valence-corrected chi connectivity index (χ4v) is 1.16. The fraction of sp³-hybridized carbons (Fsp3) is 0.778. The molecule has 0 atom stereocenters. The Balaban J connectivity index is 2.09. The molecule has 0 radical (unpaired) electrons. The average Bonchev–Trinajstić information content (AvgIpc) is 3.05. The summed E-state index contributed by atoms with van der Waals surface area (Å²) < 4.78 is 0. The monoisotopic (exact) mass is 213 g/mol. The van der Waals surface area contributed by atoms with Gasteiger partial charge in [0.15, 0.2) is 0 Å². The van der Waals surface area contributed by atoms with Crippen LogP contribution < -0.4 is 21.9 Å². The highest BCUT2D eigenvalue weighted by atomic mass is 16.2. The Bertz CT molecular complexity index is 237. The molecule has 1 saturated carbocycles. The van der Waals surface area contributed by atoms with Gasteiger partial charge in [-0.25, -0.2) is 5.84 Å². The SMILES string of the molecule is CCNC(=NCCNC(=O)C1CC1)NN. The summed E-state index contributed by atoms with van der Waals surface area (Å²) in [5.74, 6) is 6.19. The van der Waals surface area contributed by atoms with Crippen LogP contribution in [0.5, 0.6) is 0 Å². The van der Waals surface area contributed by atoms with Crippen LogP contribution in [0.15, 0.2) is 4.99 Å². The molecule has 0 saturated heterocycles. The van der Waals surface area contributed by atoms with Gasteiger partial charge < -0.3 is 10.6 Å². The molecular weight excluding hydrogens is 194 g/mol. The molecule has 1 fully saturated rings. The van der Waals surface area contributed by atoms with Crippen LogP contribution in [0.3, 0.4) is 0 Å². The van der Waals surface area contributed by atoms with Gasteiger partial charge in [0.1, 0.15) is 0 Å². The topological polar surface area (TPSA) is 91.5 Å². The number of carbonyl (C=O) groups excluding carboxylic acids is 1. The van der Waals surface area contributed by atoms with Crippen molar-refractivity contribution < 1.29 is 4.79 Å². The summed E-state index contributed by atoms with van der Waals surface area (Å²) in [6, 6.07) is 0. The number of rotatable bonds is 5. The molecule has 6 heteroatoms. The van der Waals surface area contributed by atoms with E-state index in [1.807, 2.05) is 6.92 Å². The van der Waals surface area contributed by atoms with Crippen molar-refractivity contribution >= 4 is 11.9 Å². The summed E-state index contributed by atoms with van der Waals surface area (Å²) in [5, 5.41) is 5.78. The second kappa shape index (κ2) is 6.23. The minimum Gasteiger partial charge on any atom is -0.356 e. The van der Waals surface area contributed by atoms with Crippen LogP contribution in [0.4, 0.5) is 0 Å². The Kier molecular flexibility index (Phi) is 4.89. The minimum atomic E-state index is 0.149. The third-order valence-corrected chi connectivity index (χ3v) is 2.11. The second-order valence-electron chi connectivity index (χ2n) is 3.47. The number of hydrogen-bond acceptors (Lipinski definition) is 3. The molecule has 0 unspecified atom stereocenters. The van der Waals surface area contributed by atoms with Crippen molar-refractivity contribution in [3.63, 3.8) is 0 Å². The van der Waals surface area contributed by atoms with E-state index >= 15 is 0 Å². The Morgan fingerprint density at radius 3 is 2.73 bits per heavy atom. The number of nitrogens with zero attached hydrogens (tertiary/aromatic N) is 1. The average molecular weight is 213 g/mol. The number of guanidine groups is 1. The molecule has 15 heavy (non-hydrogen) atoms. The van der Waals surface area contributed by atoms with Crippen LogP contribution in [-0.2, 0) is 4.79 Å². The standard InChI is InChI=1S/C9H19N5O/c1-2-11-9(14-10)13-6-5-12-8(15)7-3-4-7/h7H,2-6,10H2,1H3,(H,12,15)(H2,11,13,14). The zero-order chi connectivity index (χ0) is 11.1. The van der Waals surface area contributed by atoms with Crippen molar-refractivity contribution in [1.82, 2.24) is 16.1 Å². The van der Waals surface area contributed by atoms with Gasteiger partial charge in [-0.05, 0) is 19.8 Å². The maximum atomic E-state index is 11.2. The number of carbonyl (C=O) groups is 1. The minimum absolute atomic E-state index is 0.149. The molecule has 86 valence electrons. The molecule has 1 aliphatic rings. The predicted molar refractivity (Wildman–Crippen MR) is 59.0 cm³/mol. The van der Waals surface area contributed by atoms with Gasteiger partial charge in [-0.2, -0.15) is 0 Å². The van der Waals surface area contributed by atoms with E-state index in [9.17, 15) is 4.79 Å². The first-order valence-corrected chi connectivity index (χ1v) is 5.30. The predicted octanol–water partition coefficient (Wildman–Crippen LogP) is -1.06. The van der Waals surface area contributed by atoms with Crippen LogP contribution in [-0.4, -0.2) is 31.5 Å². The van der Waals surface area contributed by atoms with E-state index < -0.39 is 0 Å². The Morgan fingerprint density at radius 2 is 2.20 bits per heavy atom. The van der Waals surface area contributed by atoms with Gasteiger partial charge >= 0.3 is 0 Å². The van der Waals surface area contributed by atoms with Gasteiger partial charge in [0, 0.05) is 19.0 Å². The largest absolute Gasteiger partial charge is 0.356 e. The number of hydrogen-bond donors (Lipinski definition) is 4. The van der Waals surface area contributed by atoms with E-state index in [0.29, 0.717) is 19.0 Å². The van der Waals surface area contributed by atoms with Gasteiger partial charge in [0.05, 0.1) is 6.54 Å². The third kappa shape index (κ3) is 4.64. The van der Waals surface area contributed by atoms with E-state index in [-0.39, 0.29) is 11.8 Å². The fourth-order valence-electron chi connectivity index (χ4n) is 1.16. The third-order valence-electron chi connectivity index (χ3n) is 2.11. The molecule has 0 bridgehead atoms. The maximum absolute atomic E-state index is 11.2. The lowest BCUT2D eigenvalue weighted by Crippen LogP contribution is -2.42. The lowest BCUT2D eigenvalue weighted by atomic mass is 10.4. The highest BCUT2D eigenvalue weighted by Gasteiger charge is 2.28. The highest BCUT2D eigenvalue weighted by Crippen LogP contribution is 2.28. The zero-order valence-electron chi connectivity index (χ0n) is 9.05. The van der Waals surface area contributed by atoms with Crippen LogP contribution >= 0.6 is 0 Å². The summed E-state index contributed by atoms with van der Waals surface area (Å²) in [6.07, 6.45) is 2.06. The van der Waals surface area contributed by atoms with Gasteiger partial charge in [0.25, 0.3) is 0 Å². The number of amides is 1. The summed E-state index contributed by atoms with van der Waals surface area (Å²) in [6.45, 7) is 3.82. The quantitative estimate of drug-likeness (QED) is 0.154. The van der Waals surface area contributed by atoms with Crippen molar-refractivity contribution in [2.75, 3.05) is 19.6 Å². The first kappa shape index (κ1) is 11.8. The van der Waals surface area contributed by atoms with Crippen LogP contribution in [0.1, 0.15) is 19.8 Å². The highest BCUT2D eigenvalue weighted by molar-refractivity contribution is 5.81. The van der Waals surface area contributed by atoms with E-state index in [2.05, 4.69) is 21.1 Å². The molecular formula is C9H19N5O. The zero-order valence-corrected chi connectivity index (χ0v) is 9.05. The Morgan fingerprint density at radius 1 is 1.47 bits per heavy atom. The molecule has 0 aromatic heterocycles. The van der Waals surface area contributed by atoms with E-state index in [1.165, 1.54) is 0 Å². The molecule has 0 aromatic carbocycles. The second-order valence-corrected chi connectivity index (χ2v) is 3.47. The smallest absolute Gasteiger partial charge is 0.223 e. The van der Waals surface area contributed by atoms with E-state index in [4.69, 9.17) is 5.84 Å². The van der Waals surface area contributed by atoms with Crippen molar-refractivity contribution in [1.29, 1.82) is 0 Å². The lowest BCUT2D eigenvalue weighted by molar-refractivity contribution is -0.122. The number of nitrogens with two attached hydrogens (primary N) is 1. The molecule has 0 heterocycles. The van der Waals surface area contributed by atoms with Crippen LogP contribution in [0.2, 0.25) is 0 Å². The van der Waals surface area contributed by atoms with Gasteiger partial charge in [-0.1, -0.05) is 0 Å². The molecule has 1 amide bonds. The van der Waals surface area contributed by atoms with Crippen LogP contribution in [0, 0.1) is 5.92 Å². The molecule has 1 aliphatic carbocycles. The normalized spacial score (nSPS) is 16.0. The lowest BCUT2D eigenvalue weighted by Gasteiger charge is -2.06. The molecule has 0 aliphatic heterocycles. The molecule has 5 N–H and O–H groups in total. The summed E-state index contributed by atoms with van der Waals surface area (Å²) in [4.78, 5) is 15.4. The molecule has 0 aromatic rings. The summed E-state index contributed by atoms with van der Waals surface area (Å²) in [5.41, 5.74) is 2.45. The molecule has 6 nitrogen and oxygen atoms in total. The van der Waals surface area contributed by atoms with Gasteiger partial charge in [-0.3, -0.25) is 15.2 Å². The first-order valence-electron chi connectivity index (χ1n) is 5.30. The molecule has 1 rings (SSSR count). The van der Waals surface area contributed by atoms with Crippen molar-refractivity contribution in [2.24, 2.45) is 16.8 Å². The Hall–Kier alpha value is -1.30. The van der Waals surface area contributed by atoms with Crippen molar-refractivity contribution in [3.8, 4) is 0 Å². The number of hydrazine groups is 1. The van der Waals surface area contributed by atoms with E-state index in [1.54, 1.807) is 0 Å². The van der Waals surface area contributed by atoms with E-state index in [0.717, 1.165) is 19.4 Å². The number of aliphatic imine (C=N–C) groups is 1. The summed E-state index contributed by atoms with van der Waals surface area (Å²) >= 11 is 0. The maximum Gasteiger partial charge on any atom is 0.223 e. The first-order chi connectivity index (χ1) is 7.27.